The first-order chi connectivity index (χ1) is 9.88. The van der Waals surface area contributed by atoms with E-state index in [1.807, 2.05) is 13.0 Å². The van der Waals surface area contributed by atoms with Crippen molar-refractivity contribution >= 4 is 11.9 Å². The normalized spacial score (nSPS) is 38.4. The van der Waals surface area contributed by atoms with Crippen LogP contribution in [0.3, 0.4) is 0 Å². The van der Waals surface area contributed by atoms with Crippen LogP contribution in [0.2, 0.25) is 0 Å². The van der Waals surface area contributed by atoms with Crippen molar-refractivity contribution in [2.24, 2.45) is 11.8 Å². The number of carbonyl (C=O) groups is 2. The van der Waals surface area contributed by atoms with Crippen molar-refractivity contribution in [2.45, 2.75) is 59.2 Å². The Bertz CT molecular complexity index is 489. The summed E-state index contributed by atoms with van der Waals surface area (Å²) in [6.45, 7) is 7.38. The van der Waals surface area contributed by atoms with E-state index in [0.717, 1.165) is 12.8 Å². The molecule has 2 rings (SSSR count). The average molecular weight is 292 g/mol. The van der Waals surface area contributed by atoms with Gasteiger partial charge in [-0.15, -0.1) is 0 Å². The number of rotatable bonds is 1. The molecule has 0 N–H and O–H groups in total. The Hall–Kier alpha value is -1.58. The fraction of sp³-hybridized carbons (Fsp3) is 0.647. The second-order valence-electron chi connectivity index (χ2n) is 6.22. The number of hydrogen-bond acceptors (Lipinski definition) is 4. The molecular weight excluding hydrogens is 268 g/mol. The summed E-state index contributed by atoms with van der Waals surface area (Å²) in [5, 5.41) is 0. The topological polar surface area (TPSA) is 52.6 Å². The zero-order valence-electron chi connectivity index (χ0n) is 13.2. The third kappa shape index (κ3) is 3.74. The van der Waals surface area contributed by atoms with Crippen LogP contribution in [0.4, 0.5) is 0 Å². The first-order valence-corrected chi connectivity index (χ1v) is 7.59. The van der Waals surface area contributed by atoms with Crippen LogP contribution in [0, 0.1) is 11.8 Å². The first-order valence-electron chi connectivity index (χ1n) is 7.59. The van der Waals surface area contributed by atoms with E-state index in [2.05, 4.69) is 19.9 Å². The largest absolute Gasteiger partial charge is 0.462 e. The van der Waals surface area contributed by atoms with E-state index in [1.54, 1.807) is 0 Å². The lowest BCUT2D eigenvalue weighted by Crippen LogP contribution is -2.35. The van der Waals surface area contributed by atoms with Gasteiger partial charge >= 0.3 is 11.9 Å². The molecule has 1 aliphatic carbocycles. The number of ether oxygens (including phenoxy) is 2. The summed E-state index contributed by atoms with van der Waals surface area (Å²) in [4.78, 5) is 23.4. The van der Waals surface area contributed by atoms with Crippen molar-refractivity contribution < 1.29 is 19.1 Å². The first kappa shape index (κ1) is 15.8. The highest BCUT2D eigenvalue weighted by molar-refractivity contribution is 5.75. The number of esters is 2. The number of allylic oxidation sites excluding steroid dienone is 2. The van der Waals surface area contributed by atoms with Crippen LogP contribution in [0.15, 0.2) is 23.3 Å². The Balaban J connectivity index is 2.36. The highest BCUT2D eigenvalue weighted by Crippen LogP contribution is 2.37. The van der Waals surface area contributed by atoms with Gasteiger partial charge < -0.3 is 9.47 Å². The van der Waals surface area contributed by atoms with Gasteiger partial charge in [0.15, 0.2) is 0 Å². The highest BCUT2D eigenvalue weighted by atomic mass is 16.6. The van der Waals surface area contributed by atoms with Crippen LogP contribution >= 0.6 is 0 Å². The summed E-state index contributed by atoms with van der Waals surface area (Å²) < 4.78 is 11.0. The monoisotopic (exact) mass is 292 g/mol. The van der Waals surface area contributed by atoms with Crippen LogP contribution in [0.25, 0.3) is 0 Å². The van der Waals surface area contributed by atoms with Gasteiger partial charge in [0.05, 0.1) is 11.8 Å². The zero-order valence-corrected chi connectivity index (χ0v) is 13.2. The molecule has 0 bridgehead atoms. The van der Waals surface area contributed by atoms with Crippen LogP contribution in [-0.4, -0.2) is 24.1 Å². The summed E-state index contributed by atoms with van der Waals surface area (Å²) in [6.07, 6.45) is 6.20. The Morgan fingerprint density at radius 3 is 2.71 bits per heavy atom. The Morgan fingerprint density at radius 2 is 2.05 bits per heavy atom. The molecule has 0 aromatic rings. The van der Waals surface area contributed by atoms with E-state index in [0.29, 0.717) is 6.42 Å². The third-order valence-electron chi connectivity index (χ3n) is 4.33. The van der Waals surface area contributed by atoms with Crippen molar-refractivity contribution in [1.82, 2.24) is 0 Å². The van der Waals surface area contributed by atoms with Gasteiger partial charge in [-0.3, -0.25) is 9.59 Å². The van der Waals surface area contributed by atoms with Gasteiger partial charge in [0.25, 0.3) is 0 Å². The molecule has 0 saturated carbocycles. The van der Waals surface area contributed by atoms with E-state index in [9.17, 15) is 9.59 Å². The molecule has 1 heterocycles. The molecular formula is C17H24O4. The molecule has 21 heavy (non-hydrogen) atoms. The van der Waals surface area contributed by atoms with E-state index < -0.39 is 0 Å². The molecule has 0 amide bonds. The minimum atomic E-state index is -0.313. The van der Waals surface area contributed by atoms with E-state index >= 15 is 0 Å². The molecule has 4 unspecified atom stereocenters. The predicted molar refractivity (Wildman–Crippen MR) is 79.5 cm³/mol. The standard InChI is InChI=1S/C17H24O4/c1-10-6-5-7-11(2)9-15-16(12(3)17(19)21-15)14(8-10)20-13(4)18/h6,9,12,14-16H,5,7-8H2,1-4H3/b10-6-,11-9+. The highest BCUT2D eigenvalue weighted by Gasteiger charge is 2.46. The molecule has 4 heteroatoms. The van der Waals surface area contributed by atoms with Gasteiger partial charge in [-0.1, -0.05) is 24.1 Å². The molecule has 116 valence electrons. The number of carbonyl (C=O) groups excluding carboxylic acids is 2. The number of hydrogen-bond donors (Lipinski definition) is 0. The second-order valence-corrected chi connectivity index (χ2v) is 6.22. The number of fused-ring (bicyclic) bond motifs is 1. The van der Waals surface area contributed by atoms with Crippen molar-refractivity contribution in [1.29, 1.82) is 0 Å². The van der Waals surface area contributed by atoms with Gasteiger partial charge in [-0.25, -0.2) is 0 Å². The van der Waals surface area contributed by atoms with Crippen LogP contribution in [0.1, 0.15) is 47.0 Å². The molecule has 0 spiro atoms. The SMILES string of the molecule is CC(=O)OC1C/C(C)=C\CC/C(C)=C/C2OC(=O)C(C)C21. The molecule has 0 aromatic heterocycles. The second kappa shape index (κ2) is 6.46. The van der Waals surface area contributed by atoms with Crippen molar-refractivity contribution in [2.75, 3.05) is 0 Å². The summed E-state index contributed by atoms with van der Waals surface area (Å²) in [5.41, 5.74) is 2.40. The quantitative estimate of drug-likeness (QED) is 0.550. The molecule has 2 aliphatic rings. The Labute approximate surface area is 126 Å². The molecule has 1 aliphatic heterocycles. The summed E-state index contributed by atoms with van der Waals surface area (Å²) in [6, 6.07) is 0. The molecule has 4 atom stereocenters. The van der Waals surface area contributed by atoms with Crippen LogP contribution in [0.5, 0.6) is 0 Å². The lowest BCUT2D eigenvalue weighted by Gasteiger charge is -2.28. The van der Waals surface area contributed by atoms with Gasteiger partial charge in [0.1, 0.15) is 12.2 Å². The van der Waals surface area contributed by atoms with Crippen LogP contribution < -0.4 is 0 Å². The summed E-state index contributed by atoms with van der Waals surface area (Å²) in [5.74, 6) is -0.878. The molecule has 0 radical (unpaired) electrons. The predicted octanol–water partition coefficient (Wildman–Crippen LogP) is 3.17. The van der Waals surface area contributed by atoms with E-state index in [-0.39, 0.29) is 36.0 Å². The summed E-state index contributed by atoms with van der Waals surface area (Å²) >= 11 is 0. The van der Waals surface area contributed by atoms with Crippen molar-refractivity contribution in [3.63, 3.8) is 0 Å². The Morgan fingerprint density at radius 1 is 1.33 bits per heavy atom. The third-order valence-corrected chi connectivity index (χ3v) is 4.33. The fourth-order valence-corrected chi connectivity index (χ4v) is 3.22. The lowest BCUT2D eigenvalue weighted by atomic mass is 9.82. The zero-order chi connectivity index (χ0) is 15.6. The maximum absolute atomic E-state index is 11.9. The fourth-order valence-electron chi connectivity index (χ4n) is 3.22. The molecule has 0 aromatic carbocycles. The molecule has 4 nitrogen and oxygen atoms in total. The van der Waals surface area contributed by atoms with Crippen molar-refractivity contribution in [3.05, 3.63) is 23.3 Å². The average Bonchev–Trinajstić information content (AvgIpc) is 2.62. The minimum absolute atomic E-state index is 0.113. The maximum Gasteiger partial charge on any atom is 0.309 e. The van der Waals surface area contributed by atoms with E-state index in [4.69, 9.17) is 9.47 Å². The van der Waals surface area contributed by atoms with Gasteiger partial charge in [-0.05, 0) is 32.8 Å². The van der Waals surface area contributed by atoms with Gasteiger partial charge in [-0.2, -0.15) is 0 Å². The lowest BCUT2D eigenvalue weighted by molar-refractivity contribution is -0.150. The minimum Gasteiger partial charge on any atom is -0.462 e. The molecule has 1 fully saturated rings. The van der Waals surface area contributed by atoms with E-state index in [1.165, 1.54) is 18.1 Å². The maximum atomic E-state index is 11.9. The Kier molecular flexibility index (Phi) is 4.86. The van der Waals surface area contributed by atoms with Gasteiger partial charge in [0.2, 0.25) is 0 Å². The molecule has 1 saturated heterocycles. The van der Waals surface area contributed by atoms with Gasteiger partial charge in [0, 0.05) is 13.3 Å². The van der Waals surface area contributed by atoms with Crippen molar-refractivity contribution in [3.8, 4) is 0 Å². The van der Waals surface area contributed by atoms with Crippen LogP contribution in [-0.2, 0) is 19.1 Å². The summed E-state index contributed by atoms with van der Waals surface area (Å²) in [7, 11) is 0. The smallest absolute Gasteiger partial charge is 0.309 e.